The molecule has 1 amide bonds. The summed E-state index contributed by atoms with van der Waals surface area (Å²) in [6.45, 7) is 3.90. The van der Waals surface area contributed by atoms with E-state index in [1.54, 1.807) is 0 Å². The van der Waals surface area contributed by atoms with Gasteiger partial charge in [0.05, 0.1) is 0 Å². The third kappa shape index (κ3) is 2.54. The van der Waals surface area contributed by atoms with Crippen molar-refractivity contribution < 1.29 is 9.21 Å². The van der Waals surface area contributed by atoms with Crippen LogP contribution in [0.2, 0.25) is 0 Å². The van der Waals surface area contributed by atoms with Gasteiger partial charge in [0.25, 0.3) is 5.91 Å². The van der Waals surface area contributed by atoms with Crippen molar-refractivity contribution in [1.29, 1.82) is 0 Å². The van der Waals surface area contributed by atoms with E-state index >= 15 is 0 Å². The summed E-state index contributed by atoms with van der Waals surface area (Å²) < 4.78 is 6.63. The summed E-state index contributed by atoms with van der Waals surface area (Å²) in [4.78, 5) is 14.3. The van der Waals surface area contributed by atoms with Crippen molar-refractivity contribution in [3.63, 3.8) is 0 Å². The first-order chi connectivity index (χ1) is 9.13. The Bertz CT molecular complexity index is 612. The van der Waals surface area contributed by atoms with Gasteiger partial charge in [-0.2, -0.15) is 0 Å². The molecule has 1 saturated heterocycles. The summed E-state index contributed by atoms with van der Waals surface area (Å²) in [5.74, 6) is 1.18. The molecule has 0 spiro atoms. The molecule has 100 valence electrons. The average Bonchev–Trinajstić information content (AvgIpc) is 2.81. The number of piperidine rings is 1. The van der Waals surface area contributed by atoms with E-state index in [4.69, 9.17) is 4.42 Å². The van der Waals surface area contributed by atoms with Crippen molar-refractivity contribution in [3.05, 3.63) is 34.5 Å². The van der Waals surface area contributed by atoms with Crippen LogP contribution < -0.4 is 0 Å². The standard InChI is InChI=1S/C15H16BrNO2/c1-10-4-6-17(7-5-10)15(18)14-8-11-2-3-12(16)9-13(11)19-14/h2-3,8-10H,4-7H2,1H3. The van der Waals surface area contributed by atoms with Gasteiger partial charge in [-0.25, -0.2) is 0 Å². The number of amides is 1. The number of hydrogen-bond acceptors (Lipinski definition) is 2. The highest BCUT2D eigenvalue weighted by molar-refractivity contribution is 9.10. The number of rotatable bonds is 1. The van der Waals surface area contributed by atoms with Crippen molar-refractivity contribution in [2.45, 2.75) is 19.8 Å². The summed E-state index contributed by atoms with van der Waals surface area (Å²) in [7, 11) is 0. The third-order valence-electron chi connectivity index (χ3n) is 3.76. The van der Waals surface area contributed by atoms with Crippen LogP contribution in [0.15, 0.2) is 33.2 Å². The predicted molar refractivity (Wildman–Crippen MR) is 78.2 cm³/mol. The fraction of sp³-hybridized carbons (Fsp3) is 0.400. The van der Waals surface area contributed by atoms with Crippen molar-refractivity contribution in [3.8, 4) is 0 Å². The molecule has 0 atom stereocenters. The summed E-state index contributed by atoms with van der Waals surface area (Å²) in [6, 6.07) is 7.64. The lowest BCUT2D eigenvalue weighted by molar-refractivity contribution is 0.0667. The van der Waals surface area contributed by atoms with E-state index in [0.29, 0.717) is 5.76 Å². The van der Waals surface area contributed by atoms with Crippen molar-refractivity contribution in [2.24, 2.45) is 5.92 Å². The molecule has 1 aliphatic rings. The average molecular weight is 322 g/mol. The fourth-order valence-corrected chi connectivity index (χ4v) is 2.82. The number of halogens is 1. The maximum atomic E-state index is 12.4. The lowest BCUT2D eigenvalue weighted by Gasteiger charge is -2.29. The van der Waals surface area contributed by atoms with Gasteiger partial charge in [0.1, 0.15) is 5.58 Å². The molecule has 0 bridgehead atoms. The van der Waals surface area contributed by atoms with Crippen molar-refractivity contribution in [2.75, 3.05) is 13.1 Å². The fourth-order valence-electron chi connectivity index (χ4n) is 2.48. The number of carbonyl (C=O) groups is 1. The van der Waals surface area contributed by atoms with E-state index in [1.165, 1.54) is 0 Å². The number of nitrogens with zero attached hydrogens (tertiary/aromatic N) is 1. The van der Waals surface area contributed by atoms with Crippen LogP contribution in [0.25, 0.3) is 11.0 Å². The Hall–Kier alpha value is -1.29. The molecule has 1 fully saturated rings. The number of benzene rings is 1. The molecule has 1 aromatic heterocycles. The molecule has 0 unspecified atom stereocenters. The number of hydrogen-bond donors (Lipinski definition) is 0. The zero-order chi connectivity index (χ0) is 13.4. The molecule has 3 rings (SSSR count). The molecule has 2 aromatic rings. The highest BCUT2D eigenvalue weighted by atomic mass is 79.9. The van der Waals surface area contributed by atoms with E-state index < -0.39 is 0 Å². The molecular weight excluding hydrogens is 306 g/mol. The van der Waals surface area contributed by atoms with Crippen LogP contribution in [-0.2, 0) is 0 Å². The number of likely N-dealkylation sites (tertiary alicyclic amines) is 1. The highest BCUT2D eigenvalue weighted by Gasteiger charge is 2.23. The molecule has 19 heavy (non-hydrogen) atoms. The van der Waals surface area contributed by atoms with E-state index in [1.807, 2.05) is 29.2 Å². The molecule has 2 heterocycles. The number of fused-ring (bicyclic) bond motifs is 1. The Labute approximate surface area is 120 Å². The SMILES string of the molecule is CC1CCN(C(=O)c2cc3ccc(Br)cc3o2)CC1. The van der Waals surface area contributed by atoms with Gasteiger partial charge < -0.3 is 9.32 Å². The molecule has 1 aromatic carbocycles. The normalized spacial score (nSPS) is 17.1. The Morgan fingerprint density at radius 2 is 2.05 bits per heavy atom. The van der Waals surface area contributed by atoms with Crippen molar-refractivity contribution >= 4 is 32.8 Å². The van der Waals surface area contributed by atoms with Gasteiger partial charge in [-0.15, -0.1) is 0 Å². The van der Waals surface area contributed by atoms with Crippen molar-refractivity contribution in [1.82, 2.24) is 4.90 Å². The maximum Gasteiger partial charge on any atom is 0.289 e. The number of furan rings is 1. The zero-order valence-corrected chi connectivity index (χ0v) is 12.4. The first-order valence-electron chi connectivity index (χ1n) is 6.62. The van der Waals surface area contributed by atoms with E-state index in [-0.39, 0.29) is 5.91 Å². The summed E-state index contributed by atoms with van der Waals surface area (Å²) in [5, 5.41) is 0.969. The van der Waals surface area contributed by atoms with Crippen LogP contribution in [0.4, 0.5) is 0 Å². The van der Waals surface area contributed by atoms with Crippen LogP contribution in [0.5, 0.6) is 0 Å². The Morgan fingerprint density at radius 1 is 1.32 bits per heavy atom. The maximum absolute atomic E-state index is 12.4. The minimum Gasteiger partial charge on any atom is -0.451 e. The van der Waals surface area contributed by atoms with Crippen LogP contribution in [0.1, 0.15) is 30.3 Å². The monoisotopic (exact) mass is 321 g/mol. The Balaban J connectivity index is 1.85. The number of carbonyl (C=O) groups excluding carboxylic acids is 1. The van der Waals surface area contributed by atoms with Gasteiger partial charge in [0.2, 0.25) is 0 Å². The van der Waals surface area contributed by atoms with Gasteiger partial charge in [-0.3, -0.25) is 4.79 Å². The lowest BCUT2D eigenvalue weighted by atomic mass is 9.99. The second-order valence-corrected chi connectivity index (χ2v) is 6.18. The largest absolute Gasteiger partial charge is 0.451 e. The van der Waals surface area contributed by atoms with Crippen LogP contribution in [-0.4, -0.2) is 23.9 Å². The topological polar surface area (TPSA) is 33.5 Å². The van der Waals surface area contributed by atoms with Gasteiger partial charge in [-0.1, -0.05) is 22.9 Å². The Kier molecular flexibility index (Phi) is 3.35. The first-order valence-corrected chi connectivity index (χ1v) is 7.41. The predicted octanol–water partition coefficient (Wildman–Crippen LogP) is 4.07. The lowest BCUT2D eigenvalue weighted by Crippen LogP contribution is -2.37. The third-order valence-corrected chi connectivity index (χ3v) is 4.26. The summed E-state index contributed by atoms with van der Waals surface area (Å²) >= 11 is 3.41. The molecular formula is C15H16BrNO2. The van der Waals surface area contributed by atoms with Gasteiger partial charge >= 0.3 is 0 Å². The molecule has 1 aliphatic heterocycles. The summed E-state index contributed by atoms with van der Waals surface area (Å²) in [5.41, 5.74) is 0.753. The highest BCUT2D eigenvalue weighted by Crippen LogP contribution is 2.25. The molecule has 0 saturated carbocycles. The van der Waals surface area contributed by atoms with Crippen LogP contribution in [0.3, 0.4) is 0 Å². The van der Waals surface area contributed by atoms with E-state index in [0.717, 1.165) is 47.3 Å². The molecule has 3 nitrogen and oxygen atoms in total. The zero-order valence-electron chi connectivity index (χ0n) is 10.9. The first kappa shape index (κ1) is 12.7. The van der Waals surface area contributed by atoms with Crippen LogP contribution >= 0.6 is 15.9 Å². The van der Waals surface area contributed by atoms with Gasteiger partial charge in [0.15, 0.2) is 5.76 Å². The van der Waals surface area contributed by atoms with Crippen LogP contribution in [0, 0.1) is 5.92 Å². The quantitative estimate of drug-likeness (QED) is 0.793. The smallest absolute Gasteiger partial charge is 0.289 e. The van der Waals surface area contributed by atoms with E-state index in [9.17, 15) is 4.79 Å². The second kappa shape index (κ2) is 5.00. The molecule has 0 aliphatic carbocycles. The molecule has 4 heteroatoms. The van der Waals surface area contributed by atoms with E-state index in [2.05, 4.69) is 22.9 Å². The summed E-state index contributed by atoms with van der Waals surface area (Å²) in [6.07, 6.45) is 2.16. The van der Waals surface area contributed by atoms with Gasteiger partial charge in [-0.05, 0) is 43.0 Å². The molecule has 0 radical (unpaired) electrons. The minimum atomic E-state index is 0.0132. The molecule has 0 N–H and O–H groups in total. The second-order valence-electron chi connectivity index (χ2n) is 5.27. The van der Waals surface area contributed by atoms with Gasteiger partial charge in [0, 0.05) is 22.9 Å². The Morgan fingerprint density at radius 3 is 2.79 bits per heavy atom. The minimum absolute atomic E-state index is 0.0132.